The Morgan fingerprint density at radius 1 is 1.33 bits per heavy atom. The summed E-state index contributed by atoms with van der Waals surface area (Å²) in [6.45, 7) is 6.27. The molecule has 1 aliphatic rings. The van der Waals surface area contributed by atoms with E-state index in [-0.39, 0.29) is 11.8 Å². The fraction of sp³-hybridized carbons (Fsp3) is 0.444. The van der Waals surface area contributed by atoms with Crippen LogP contribution < -0.4 is 5.32 Å². The number of aromatic nitrogens is 1. The third-order valence-electron chi connectivity index (χ3n) is 4.20. The molecule has 0 bridgehead atoms. The molecular weight excluding hydrogens is 322 g/mol. The quantitative estimate of drug-likeness (QED) is 0.874. The predicted molar refractivity (Wildman–Crippen MR) is 96.3 cm³/mol. The Kier molecular flexibility index (Phi) is 5.96. The SMILES string of the molecule is CC[C@H](C(=O)Nc1nc(CN2CCOCC2)cs1)c1ccccc1. The van der Waals surface area contributed by atoms with Gasteiger partial charge in [0.2, 0.25) is 5.91 Å². The maximum atomic E-state index is 12.6. The number of nitrogens with zero attached hydrogens (tertiary/aromatic N) is 2. The Labute approximate surface area is 146 Å². The molecule has 2 aromatic rings. The van der Waals surface area contributed by atoms with Crippen molar-refractivity contribution in [1.82, 2.24) is 9.88 Å². The minimum absolute atomic E-state index is 0.0102. The van der Waals surface area contributed by atoms with Crippen LogP contribution in [0.25, 0.3) is 0 Å². The average Bonchev–Trinajstić information content (AvgIpc) is 3.04. The molecule has 24 heavy (non-hydrogen) atoms. The Bertz CT molecular complexity index is 653. The van der Waals surface area contributed by atoms with Crippen molar-refractivity contribution in [2.75, 3.05) is 31.6 Å². The number of carbonyl (C=O) groups excluding carboxylic acids is 1. The normalized spacial score (nSPS) is 16.7. The first-order valence-corrected chi connectivity index (χ1v) is 9.24. The monoisotopic (exact) mass is 345 g/mol. The zero-order valence-electron chi connectivity index (χ0n) is 13.9. The standard InChI is InChI=1S/C18H23N3O2S/c1-2-16(14-6-4-3-5-7-14)17(22)20-18-19-15(13-24-18)12-21-8-10-23-11-9-21/h3-7,13,16H,2,8-12H2,1H3,(H,19,20,22)/t16-/m0/s1. The third kappa shape index (κ3) is 4.41. The summed E-state index contributed by atoms with van der Waals surface area (Å²) in [6, 6.07) is 9.90. The molecule has 0 unspecified atom stereocenters. The lowest BCUT2D eigenvalue weighted by Crippen LogP contribution is -2.35. The lowest BCUT2D eigenvalue weighted by molar-refractivity contribution is -0.117. The molecule has 1 atom stereocenters. The van der Waals surface area contributed by atoms with Gasteiger partial charge in [-0.2, -0.15) is 0 Å². The van der Waals surface area contributed by atoms with Crippen LogP contribution >= 0.6 is 11.3 Å². The number of hydrogen-bond donors (Lipinski definition) is 1. The second-order valence-electron chi connectivity index (χ2n) is 5.89. The van der Waals surface area contributed by atoms with Crippen molar-refractivity contribution in [2.24, 2.45) is 0 Å². The van der Waals surface area contributed by atoms with E-state index in [1.165, 1.54) is 11.3 Å². The van der Waals surface area contributed by atoms with Crippen LogP contribution in [0, 0.1) is 0 Å². The van der Waals surface area contributed by atoms with Crippen LogP contribution in [0.1, 0.15) is 30.5 Å². The number of nitrogens with one attached hydrogen (secondary N) is 1. The molecule has 1 saturated heterocycles. The fourth-order valence-corrected chi connectivity index (χ4v) is 3.58. The molecule has 1 aromatic heterocycles. The van der Waals surface area contributed by atoms with Crippen LogP contribution in [0.2, 0.25) is 0 Å². The number of thiazole rings is 1. The van der Waals surface area contributed by atoms with Crippen molar-refractivity contribution in [3.05, 3.63) is 47.0 Å². The number of rotatable bonds is 6. The van der Waals surface area contributed by atoms with Crippen LogP contribution in [0.5, 0.6) is 0 Å². The highest BCUT2D eigenvalue weighted by molar-refractivity contribution is 7.13. The Balaban J connectivity index is 1.60. The van der Waals surface area contributed by atoms with Crippen LogP contribution in [0.15, 0.2) is 35.7 Å². The van der Waals surface area contributed by atoms with Gasteiger partial charge in [0.25, 0.3) is 0 Å². The summed E-state index contributed by atoms with van der Waals surface area (Å²) in [5.74, 6) is -0.131. The van der Waals surface area contributed by atoms with Crippen molar-refractivity contribution >= 4 is 22.4 Å². The fourth-order valence-electron chi connectivity index (χ4n) is 2.88. The maximum Gasteiger partial charge on any atom is 0.233 e. The van der Waals surface area contributed by atoms with Gasteiger partial charge in [-0.25, -0.2) is 4.98 Å². The van der Waals surface area contributed by atoms with Crippen LogP contribution in [-0.4, -0.2) is 42.1 Å². The van der Waals surface area contributed by atoms with Crippen LogP contribution in [0.3, 0.4) is 0 Å². The molecule has 5 nitrogen and oxygen atoms in total. The summed E-state index contributed by atoms with van der Waals surface area (Å²) >= 11 is 1.49. The van der Waals surface area contributed by atoms with Gasteiger partial charge in [0, 0.05) is 25.0 Å². The van der Waals surface area contributed by atoms with Crippen molar-refractivity contribution in [1.29, 1.82) is 0 Å². The highest BCUT2D eigenvalue weighted by atomic mass is 32.1. The molecule has 0 spiro atoms. The van der Waals surface area contributed by atoms with E-state index in [9.17, 15) is 4.79 Å². The average molecular weight is 345 g/mol. The summed E-state index contributed by atoms with van der Waals surface area (Å²) in [6.07, 6.45) is 0.766. The largest absolute Gasteiger partial charge is 0.379 e. The zero-order valence-corrected chi connectivity index (χ0v) is 14.7. The predicted octanol–water partition coefficient (Wildman–Crippen LogP) is 3.11. The van der Waals surface area contributed by atoms with E-state index in [1.807, 2.05) is 42.6 Å². The number of morpholine rings is 1. The lowest BCUT2D eigenvalue weighted by atomic mass is 9.96. The van der Waals surface area contributed by atoms with E-state index in [1.54, 1.807) is 0 Å². The number of carbonyl (C=O) groups is 1. The first-order chi connectivity index (χ1) is 11.8. The van der Waals surface area contributed by atoms with E-state index >= 15 is 0 Å². The van der Waals surface area contributed by atoms with Crippen molar-refractivity contribution < 1.29 is 9.53 Å². The second kappa shape index (κ2) is 8.37. The molecule has 0 saturated carbocycles. The molecule has 1 aliphatic heterocycles. The number of anilines is 1. The molecule has 1 N–H and O–H groups in total. The topological polar surface area (TPSA) is 54.5 Å². The molecule has 1 fully saturated rings. The summed E-state index contributed by atoms with van der Waals surface area (Å²) in [7, 11) is 0. The van der Waals surface area contributed by atoms with E-state index < -0.39 is 0 Å². The van der Waals surface area contributed by atoms with E-state index in [0.29, 0.717) is 5.13 Å². The van der Waals surface area contributed by atoms with Gasteiger partial charge in [-0.15, -0.1) is 11.3 Å². The van der Waals surface area contributed by atoms with E-state index in [0.717, 1.165) is 50.5 Å². The molecular formula is C18H23N3O2S. The van der Waals surface area contributed by atoms with Gasteiger partial charge in [0.05, 0.1) is 24.8 Å². The van der Waals surface area contributed by atoms with Gasteiger partial charge < -0.3 is 10.1 Å². The van der Waals surface area contributed by atoms with Crippen molar-refractivity contribution in [3.63, 3.8) is 0 Å². The minimum Gasteiger partial charge on any atom is -0.379 e. The van der Waals surface area contributed by atoms with Gasteiger partial charge in [-0.3, -0.25) is 9.69 Å². The summed E-state index contributed by atoms with van der Waals surface area (Å²) in [5, 5.41) is 5.68. The number of amides is 1. The second-order valence-corrected chi connectivity index (χ2v) is 6.75. The minimum atomic E-state index is -0.141. The smallest absolute Gasteiger partial charge is 0.233 e. The van der Waals surface area contributed by atoms with Gasteiger partial charge in [-0.05, 0) is 12.0 Å². The number of benzene rings is 1. The molecule has 0 radical (unpaired) electrons. The Morgan fingerprint density at radius 3 is 2.79 bits per heavy atom. The van der Waals surface area contributed by atoms with Gasteiger partial charge in [-0.1, -0.05) is 37.3 Å². The van der Waals surface area contributed by atoms with Gasteiger partial charge in [0.15, 0.2) is 5.13 Å². The summed E-state index contributed by atoms with van der Waals surface area (Å²) in [4.78, 5) is 19.5. The summed E-state index contributed by atoms with van der Waals surface area (Å²) in [5.41, 5.74) is 2.05. The molecule has 2 heterocycles. The van der Waals surface area contributed by atoms with E-state index in [2.05, 4.69) is 15.2 Å². The van der Waals surface area contributed by atoms with Crippen LogP contribution in [0.4, 0.5) is 5.13 Å². The molecule has 0 aliphatic carbocycles. The molecule has 1 aromatic carbocycles. The summed E-state index contributed by atoms with van der Waals surface area (Å²) < 4.78 is 5.36. The third-order valence-corrected chi connectivity index (χ3v) is 5.00. The van der Waals surface area contributed by atoms with E-state index in [4.69, 9.17) is 4.74 Å². The zero-order chi connectivity index (χ0) is 16.8. The number of ether oxygens (including phenoxy) is 1. The Hall–Kier alpha value is -1.76. The van der Waals surface area contributed by atoms with Crippen molar-refractivity contribution in [2.45, 2.75) is 25.8 Å². The Morgan fingerprint density at radius 2 is 2.08 bits per heavy atom. The molecule has 128 valence electrons. The van der Waals surface area contributed by atoms with Gasteiger partial charge >= 0.3 is 0 Å². The van der Waals surface area contributed by atoms with Crippen molar-refractivity contribution in [3.8, 4) is 0 Å². The highest BCUT2D eigenvalue weighted by Crippen LogP contribution is 2.23. The first kappa shape index (κ1) is 17.1. The first-order valence-electron chi connectivity index (χ1n) is 8.36. The van der Waals surface area contributed by atoms with Gasteiger partial charge in [0.1, 0.15) is 0 Å². The molecule has 1 amide bonds. The maximum absolute atomic E-state index is 12.6. The molecule has 3 rings (SSSR count). The molecule has 6 heteroatoms. The lowest BCUT2D eigenvalue weighted by Gasteiger charge is -2.25. The van der Waals surface area contributed by atoms with Crippen LogP contribution in [-0.2, 0) is 16.1 Å². The number of hydrogen-bond acceptors (Lipinski definition) is 5. The highest BCUT2D eigenvalue weighted by Gasteiger charge is 2.20.